The van der Waals surface area contributed by atoms with Crippen molar-refractivity contribution >= 4 is 62.8 Å². The van der Waals surface area contributed by atoms with Crippen LogP contribution in [-0.2, 0) is 9.59 Å². The molecule has 1 fully saturated rings. The molecule has 0 aliphatic carbocycles. The summed E-state index contributed by atoms with van der Waals surface area (Å²) in [7, 11) is 3.87. The molecule has 2 aliphatic heterocycles. The molecular formula is C30H29ClN6O4. The van der Waals surface area contributed by atoms with E-state index >= 15 is 0 Å². The number of aromatic amines is 1. The number of nitrogens with one attached hydrogen (secondary N) is 3. The van der Waals surface area contributed by atoms with Crippen LogP contribution < -0.4 is 21.3 Å². The van der Waals surface area contributed by atoms with Crippen LogP contribution in [0.25, 0.3) is 22.4 Å². The number of carbonyl (C=O) groups excluding carboxylic acids is 2. The molecule has 1 saturated heterocycles. The lowest BCUT2D eigenvalue weighted by molar-refractivity contribution is -0.119. The zero-order chi connectivity index (χ0) is 28.7. The third kappa shape index (κ3) is 5.49. The molecule has 1 aromatic heterocycles. The lowest BCUT2D eigenvalue weighted by Gasteiger charge is -2.32. The van der Waals surface area contributed by atoms with Crippen molar-refractivity contribution in [2.45, 2.75) is 0 Å². The van der Waals surface area contributed by atoms with Gasteiger partial charge in [-0.3, -0.25) is 19.5 Å². The van der Waals surface area contributed by atoms with E-state index in [1.807, 2.05) is 30.3 Å². The van der Waals surface area contributed by atoms with Gasteiger partial charge in [0.2, 0.25) is 5.91 Å². The fourth-order valence-corrected chi connectivity index (χ4v) is 5.31. The maximum atomic E-state index is 13.2. The van der Waals surface area contributed by atoms with Gasteiger partial charge in [0.1, 0.15) is 0 Å². The van der Waals surface area contributed by atoms with Gasteiger partial charge < -0.3 is 24.9 Å². The van der Waals surface area contributed by atoms with Crippen LogP contribution >= 0.6 is 11.6 Å². The number of fused-ring (bicyclic) bond motifs is 2. The zero-order valence-corrected chi connectivity index (χ0v) is 23.4. The Kier molecular flexibility index (Phi) is 7.12. The number of aromatic nitrogens is 1. The molecule has 6 rings (SSSR count). The number of halogens is 1. The number of anilines is 3. The molecule has 11 heteroatoms. The minimum atomic E-state index is -0.556. The van der Waals surface area contributed by atoms with E-state index in [4.69, 9.17) is 16.0 Å². The van der Waals surface area contributed by atoms with Gasteiger partial charge in [0.25, 0.3) is 5.91 Å². The second-order valence-electron chi connectivity index (χ2n) is 10.3. The standard InChI is InChI=1S/C30H29ClN6O4/c1-35-11-13-37(14-12-35)17-26(38)36(2)21-7-5-20(6-8-21)32-28(18-3-10-23-25(15-18)41-30(40)34-23)27-22-9-4-19(31)16-24(22)33-29(27)39/h3-10,15-16,32H,11-14,17H2,1-2H3,(H,33,39)(H,34,40)/b28-27-. The maximum Gasteiger partial charge on any atom is 0.417 e. The highest BCUT2D eigenvalue weighted by atomic mass is 35.5. The fraction of sp³-hybridized carbons (Fsp3) is 0.233. The van der Waals surface area contributed by atoms with E-state index in [1.165, 1.54) is 0 Å². The zero-order valence-electron chi connectivity index (χ0n) is 22.7. The molecule has 41 heavy (non-hydrogen) atoms. The van der Waals surface area contributed by atoms with E-state index in [0.29, 0.717) is 56.4 Å². The van der Waals surface area contributed by atoms with Gasteiger partial charge in [0, 0.05) is 60.8 Å². The van der Waals surface area contributed by atoms with Crippen LogP contribution in [0.15, 0.2) is 69.9 Å². The molecule has 2 aliphatic rings. The minimum Gasteiger partial charge on any atom is -0.408 e. The van der Waals surface area contributed by atoms with E-state index < -0.39 is 5.76 Å². The fourth-order valence-electron chi connectivity index (χ4n) is 5.13. The lowest BCUT2D eigenvalue weighted by Crippen LogP contribution is -2.48. The smallest absolute Gasteiger partial charge is 0.408 e. The number of carbonyl (C=O) groups is 2. The lowest BCUT2D eigenvalue weighted by atomic mass is 9.99. The number of nitrogens with zero attached hydrogens (tertiary/aromatic N) is 3. The Morgan fingerprint density at radius 2 is 1.78 bits per heavy atom. The van der Waals surface area contributed by atoms with Crippen molar-refractivity contribution in [1.29, 1.82) is 0 Å². The Bertz CT molecular complexity index is 1730. The number of benzene rings is 3. The molecule has 0 saturated carbocycles. The highest BCUT2D eigenvalue weighted by Gasteiger charge is 2.29. The molecule has 0 bridgehead atoms. The SMILES string of the molecule is CN1CCN(CC(=O)N(C)c2ccc(N/C(=C3\C(=O)Nc4cc(Cl)ccc43)c3ccc4[nH]c(=O)oc4c3)cc2)CC1. The molecule has 3 N–H and O–H groups in total. The van der Waals surface area contributed by atoms with Crippen LogP contribution in [0.3, 0.4) is 0 Å². The Labute approximate surface area is 241 Å². The predicted octanol–water partition coefficient (Wildman–Crippen LogP) is 3.92. The van der Waals surface area contributed by atoms with Gasteiger partial charge in [-0.15, -0.1) is 0 Å². The predicted molar refractivity (Wildman–Crippen MR) is 161 cm³/mol. The molecule has 0 unspecified atom stereocenters. The monoisotopic (exact) mass is 572 g/mol. The first kappa shape index (κ1) is 26.8. The quantitative estimate of drug-likeness (QED) is 0.300. The number of amides is 2. The molecule has 3 heterocycles. The molecular weight excluding hydrogens is 544 g/mol. The third-order valence-electron chi connectivity index (χ3n) is 7.54. The number of oxazole rings is 1. The van der Waals surface area contributed by atoms with Crippen LogP contribution in [0.4, 0.5) is 17.1 Å². The average molecular weight is 573 g/mol. The van der Waals surface area contributed by atoms with Crippen molar-refractivity contribution in [2.75, 3.05) is 62.4 Å². The number of hydrogen-bond donors (Lipinski definition) is 3. The van der Waals surface area contributed by atoms with Crippen LogP contribution in [-0.4, -0.2) is 73.4 Å². The topological polar surface area (TPSA) is 114 Å². The van der Waals surface area contributed by atoms with Crippen LogP contribution in [0.1, 0.15) is 11.1 Å². The van der Waals surface area contributed by atoms with Gasteiger partial charge >= 0.3 is 5.76 Å². The van der Waals surface area contributed by atoms with Gasteiger partial charge in [-0.1, -0.05) is 23.7 Å². The van der Waals surface area contributed by atoms with Gasteiger partial charge in [0.05, 0.1) is 29.0 Å². The van der Waals surface area contributed by atoms with Crippen molar-refractivity contribution in [3.8, 4) is 0 Å². The van der Waals surface area contributed by atoms with E-state index in [1.54, 1.807) is 42.3 Å². The van der Waals surface area contributed by atoms with Gasteiger partial charge in [0.15, 0.2) is 5.58 Å². The molecule has 210 valence electrons. The Morgan fingerprint density at radius 3 is 2.54 bits per heavy atom. The van der Waals surface area contributed by atoms with Crippen LogP contribution in [0.2, 0.25) is 5.02 Å². The second-order valence-corrected chi connectivity index (χ2v) is 10.8. The van der Waals surface area contributed by atoms with Crippen molar-refractivity contribution in [3.63, 3.8) is 0 Å². The first-order valence-electron chi connectivity index (χ1n) is 13.3. The summed E-state index contributed by atoms with van der Waals surface area (Å²) in [4.78, 5) is 46.7. The number of rotatable bonds is 6. The number of hydrogen-bond acceptors (Lipinski definition) is 7. The third-order valence-corrected chi connectivity index (χ3v) is 7.77. The number of piperazine rings is 1. The van der Waals surface area contributed by atoms with Crippen molar-refractivity contribution in [2.24, 2.45) is 0 Å². The average Bonchev–Trinajstić information content (AvgIpc) is 3.49. The summed E-state index contributed by atoms with van der Waals surface area (Å²) in [6.45, 7) is 4.02. The summed E-state index contributed by atoms with van der Waals surface area (Å²) < 4.78 is 5.29. The first-order valence-corrected chi connectivity index (χ1v) is 13.7. The van der Waals surface area contributed by atoms with Crippen molar-refractivity contribution in [3.05, 3.63) is 87.4 Å². The molecule has 0 atom stereocenters. The highest BCUT2D eigenvalue weighted by Crippen LogP contribution is 2.39. The van der Waals surface area contributed by atoms with E-state index in [-0.39, 0.29) is 11.8 Å². The summed E-state index contributed by atoms with van der Waals surface area (Å²) in [5.74, 6) is -0.816. The van der Waals surface area contributed by atoms with Crippen molar-refractivity contribution in [1.82, 2.24) is 14.8 Å². The molecule has 2 amide bonds. The first-order chi connectivity index (χ1) is 19.7. The second kappa shape index (κ2) is 10.9. The van der Waals surface area contributed by atoms with Crippen molar-refractivity contribution < 1.29 is 14.0 Å². The van der Waals surface area contributed by atoms with Crippen LogP contribution in [0, 0.1) is 0 Å². The molecule has 3 aromatic carbocycles. The minimum absolute atomic E-state index is 0.0252. The van der Waals surface area contributed by atoms with Gasteiger partial charge in [-0.25, -0.2) is 4.79 Å². The number of likely N-dealkylation sites (N-methyl/N-ethyl adjacent to an activating group) is 2. The summed E-state index contributed by atoms with van der Waals surface area (Å²) in [6, 6.07) is 17.9. The summed E-state index contributed by atoms with van der Waals surface area (Å²) in [5, 5.41) is 6.80. The molecule has 10 nitrogen and oxygen atoms in total. The Hall–Kier alpha value is -4.38. The summed E-state index contributed by atoms with van der Waals surface area (Å²) in [5.41, 5.74) is 5.32. The molecule has 4 aromatic rings. The maximum absolute atomic E-state index is 13.2. The van der Waals surface area contributed by atoms with E-state index in [9.17, 15) is 14.4 Å². The largest absolute Gasteiger partial charge is 0.417 e. The summed E-state index contributed by atoms with van der Waals surface area (Å²) >= 11 is 6.17. The van der Waals surface area contributed by atoms with Crippen LogP contribution in [0.5, 0.6) is 0 Å². The number of H-pyrrole nitrogens is 1. The van der Waals surface area contributed by atoms with Gasteiger partial charge in [-0.05, 0) is 55.6 Å². The van der Waals surface area contributed by atoms with E-state index in [2.05, 4.69) is 32.5 Å². The van der Waals surface area contributed by atoms with Gasteiger partial charge in [-0.2, -0.15) is 0 Å². The Balaban J connectivity index is 1.30. The molecule has 0 radical (unpaired) electrons. The van der Waals surface area contributed by atoms with E-state index in [0.717, 1.165) is 31.9 Å². The molecule has 0 spiro atoms. The normalized spacial score (nSPS) is 16.9. The Morgan fingerprint density at radius 1 is 1.02 bits per heavy atom. The summed E-state index contributed by atoms with van der Waals surface area (Å²) in [6.07, 6.45) is 0. The highest BCUT2D eigenvalue weighted by molar-refractivity contribution is 6.38.